The fourth-order valence-corrected chi connectivity index (χ4v) is 2.64. The summed E-state index contributed by atoms with van der Waals surface area (Å²) >= 11 is 0. The largest absolute Gasteiger partial charge is 0.508 e. The summed E-state index contributed by atoms with van der Waals surface area (Å²) in [6.07, 6.45) is 9.12. The van der Waals surface area contributed by atoms with Gasteiger partial charge in [0, 0.05) is 12.3 Å². The van der Waals surface area contributed by atoms with Gasteiger partial charge in [-0.1, -0.05) is 30.3 Å². The lowest BCUT2D eigenvalue weighted by atomic mass is 10.1. The zero-order valence-corrected chi connectivity index (χ0v) is 14.7. The molecule has 5 heteroatoms. The molecule has 2 aromatic carbocycles. The molecule has 0 amide bonds. The highest BCUT2D eigenvalue weighted by Gasteiger charge is 2.02. The van der Waals surface area contributed by atoms with Crippen LogP contribution >= 0.6 is 0 Å². The number of aliphatic hydroxyl groups excluding tert-OH is 1. The van der Waals surface area contributed by atoms with Gasteiger partial charge in [-0.05, 0) is 52.9 Å². The number of para-hydroxylation sites is 1. The molecule has 3 rings (SSSR count). The number of fused-ring (bicyclic) bond motifs is 1. The van der Waals surface area contributed by atoms with Crippen LogP contribution in [-0.2, 0) is 4.79 Å². The highest BCUT2D eigenvalue weighted by atomic mass is 16.5. The van der Waals surface area contributed by atoms with Crippen LogP contribution in [0.1, 0.15) is 11.1 Å². The van der Waals surface area contributed by atoms with Crippen LogP contribution in [0.5, 0.6) is 11.5 Å². The number of allylic oxidation sites excluding steroid dienone is 3. The van der Waals surface area contributed by atoms with Gasteiger partial charge in [0.15, 0.2) is 17.3 Å². The molecule has 0 aliphatic rings. The number of aromatic hydroxyl groups is 1. The highest BCUT2D eigenvalue weighted by molar-refractivity contribution is 6.03. The number of aromatic amines is 1. The van der Waals surface area contributed by atoms with Gasteiger partial charge in [0.2, 0.25) is 0 Å². The first-order valence-electron chi connectivity index (χ1n) is 8.31. The lowest BCUT2D eigenvalue weighted by molar-refractivity contribution is -0.110. The van der Waals surface area contributed by atoms with Crippen molar-refractivity contribution in [1.82, 2.24) is 4.98 Å². The topological polar surface area (TPSA) is 82.5 Å². The van der Waals surface area contributed by atoms with E-state index in [0.717, 1.165) is 22.5 Å². The molecule has 0 saturated heterocycles. The Kier molecular flexibility index (Phi) is 5.42. The van der Waals surface area contributed by atoms with E-state index in [1.54, 1.807) is 24.3 Å². The number of ether oxygens (including phenoxy) is 1. The monoisotopic (exact) mass is 361 g/mol. The van der Waals surface area contributed by atoms with Crippen molar-refractivity contribution >= 4 is 28.8 Å². The van der Waals surface area contributed by atoms with E-state index in [-0.39, 0.29) is 17.3 Å². The number of rotatable bonds is 6. The quantitative estimate of drug-likeness (QED) is 0.340. The number of phenols is 1. The van der Waals surface area contributed by atoms with E-state index in [1.165, 1.54) is 25.3 Å². The Morgan fingerprint density at radius 2 is 1.96 bits per heavy atom. The van der Waals surface area contributed by atoms with Crippen molar-refractivity contribution in [2.45, 2.75) is 0 Å². The number of methoxy groups -OCH3 is 1. The Bertz CT molecular complexity index is 1060. The normalized spacial score (nSPS) is 12.3. The zero-order valence-electron chi connectivity index (χ0n) is 14.7. The molecule has 0 aliphatic carbocycles. The smallest absolute Gasteiger partial charge is 0.182 e. The molecule has 27 heavy (non-hydrogen) atoms. The van der Waals surface area contributed by atoms with Gasteiger partial charge in [-0.15, -0.1) is 0 Å². The zero-order chi connectivity index (χ0) is 19.2. The molecule has 0 saturated carbocycles. The molecule has 1 aromatic heterocycles. The van der Waals surface area contributed by atoms with Crippen LogP contribution in [0.2, 0.25) is 0 Å². The van der Waals surface area contributed by atoms with Crippen molar-refractivity contribution in [1.29, 1.82) is 0 Å². The van der Waals surface area contributed by atoms with Crippen LogP contribution in [0.25, 0.3) is 23.1 Å². The first-order chi connectivity index (χ1) is 13.1. The molecule has 0 spiro atoms. The van der Waals surface area contributed by atoms with Crippen LogP contribution < -0.4 is 4.74 Å². The minimum atomic E-state index is -0.330. The molecule has 1 heterocycles. The standard InChI is InChI=1S/C22H19NO4/c1-27-21-13-15(6-10-20(21)26)5-8-18(24)14-19(25)9-7-16-3-2-4-17-11-12-23-22(16)17/h2-14,23-24,26H,1H3/b8-5+,9-7+,18-14?. The van der Waals surface area contributed by atoms with E-state index in [1.807, 2.05) is 30.5 Å². The van der Waals surface area contributed by atoms with Gasteiger partial charge >= 0.3 is 0 Å². The predicted molar refractivity (Wildman–Crippen MR) is 107 cm³/mol. The number of hydrogen-bond donors (Lipinski definition) is 3. The van der Waals surface area contributed by atoms with Gasteiger partial charge in [0.25, 0.3) is 0 Å². The number of carbonyl (C=O) groups is 1. The van der Waals surface area contributed by atoms with Crippen molar-refractivity contribution in [3.05, 3.63) is 83.8 Å². The van der Waals surface area contributed by atoms with Gasteiger partial charge < -0.3 is 19.9 Å². The molecule has 0 aliphatic heterocycles. The molecule has 5 nitrogen and oxygen atoms in total. The summed E-state index contributed by atoms with van der Waals surface area (Å²) in [5.74, 6) is -0.135. The molecule has 0 radical (unpaired) electrons. The van der Waals surface area contributed by atoms with E-state index >= 15 is 0 Å². The maximum Gasteiger partial charge on any atom is 0.182 e. The third kappa shape index (κ3) is 4.46. The predicted octanol–water partition coefficient (Wildman–Crippen LogP) is 4.62. The summed E-state index contributed by atoms with van der Waals surface area (Å²) in [4.78, 5) is 15.2. The Morgan fingerprint density at radius 1 is 1.11 bits per heavy atom. The minimum absolute atomic E-state index is 0.0341. The summed E-state index contributed by atoms with van der Waals surface area (Å²) in [7, 11) is 1.46. The van der Waals surface area contributed by atoms with Gasteiger partial charge in [0.1, 0.15) is 5.76 Å². The Hall–Kier alpha value is -3.73. The molecular weight excluding hydrogens is 342 g/mol. The first kappa shape index (κ1) is 18.1. The van der Waals surface area contributed by atoms with Crippen molar-refractivity contribution in [3.8, 4) is 11.5 Å². The van der Waals surface area contributed by atoms with Crippen molar-refractivity contribution < 1.29 is 19.7 Å². The van der Waals surface area contributed by atoms with Gasteiger partial charge in [-0.25, -0.2) is 0 Å². The molecule has 3 aromatic rings. The Morgan fingerprint density at radius 3 is 2.78 bits per heavy atom. The second-order valence-corrected chi connectivity index (χ2v) is 5.86. The van der Waals surface area contributed by atoms with Crippen LogP contribution in [-0.4, -0.2) is 28.1 Å². The Labute approximate surface area is 156 Å². The maximum atomic E-state index is 12.0. The minimum Gasteiger partial charge on any atom is -0.508 e. The summed E-state index contributed by atoms with van der Waals surface area (Å²) in [6, 6.07) is 12.6. The molecule has 0 fully saturated rings. The number of carbonyl (C=O) groups excluding carboxylic acids is 1. The highest BCUT2D eigenvalue weighted by Crippen LogP contribution is 2.26. The van der Waals surface area contributed by atoms with E-state index in [9.17, 15) is 15.0 Å². The number of H-pyrrole nitrogens is 1. The number of hydrogen-bond acceptors (Lipinski definition) is 4. The summed E-state index contributed by atoms with van der Waals surface area (Å²) in [6.45, 7) is 0. The summed E-state index contributed by atoms with van der Waals surface area (Å²) in [5.41, 5.74) is 2.56. The van der Waals surface area contributed by atoms with E-state index in [2.05, 4.69) is 4.98 Å². The molecule has 0 bridgehead atoms. The summed E-state index contributed by atoms with van der Waals surface area (Å²) in [5, 5.41) is 20.6. The lowest BCUT2D eigenvalue weighted by Crippen LogP contribution is -1.89. The van der Waals surface area contributed by atoms with Gasteiger partial charge in [0.05, 0.1) is 12.6 Å². The van der Waals surface area contributed by atoms with Gasteiger partial charge in [-0.3, -0.25) is 4.79 Å². The molecule has 0 atom stereocenters. The Balaban J connectivity index is 1.70. The molecule has 3 N–H and O–H groups in total. The summed E-state index contributed by atoms with van der Waals surface area (Å²) < 4.78 is 5.03. The average molecular weight is 361 g/mol. The number of aliphatic hydroxyl groups is 1. The van der Waals surface area contributed by atoms with Gasteiger partial charge in [-0.2, -0.15) is 0 Å². The van der Waals surface area contributed by atoms with Crippen LogP contribution in [0, 0.1) is 0 Å². The third-order valence-corrected chi connectivity index (χ3v) is 3.99. The van der Waals surface area contributed by atoms with E-state index in [0.29, 0.717) is 11.3 Å². The second kappa shape index (κ2) is 8.10. The van der Waals surface area contributed by atoms with Crippen molar-refractivity contribution in [2.75, 3.05) is 7.11 Å². The fourth-order valence-electron chi connectivity index (χ4n) is 2.64. The number of aromatic nitrogens is 1. The average Bonchev–Trinajstić information content (AvgIpc) is 3.15. The molecular formula is C22H19NO4. The molecule has 136 valence electrons. The third-order valence-electron chi connectivity index (χ3n) is 3.99. The van der Waals surface area contributed by atoms with Crippen LogP contribution in [0.4, 0.5) is 0 Å². The van der Waals surface area contributed by atoms with E-state index < -0.39 is 0 Å². The maximum absolute atomic E-state index is 12.0. The van der Waals surface area contributed by atoms with Crippen LogP contribution in [0.3, 0.4) is 0 Å². The first-order valence-corrected chi connectivity index (χ1v) is 8.31. The van der Waals surface area contributed by atoms with E-state index in [4.69, 9.17) is 4.74 Å². The second-order valence-electron chi connectivity index (χ2n) is 5.86. The van der Waals surface area contributed by atoms with Crippen LogP contribution in [0.15, 0.2) is 72.6 Å². The fraction of sp³-hybridized carbons (Fsp3) is 0.0455. The number of ketones is 1. The number of benzene rings is 2. The van der Waals surface area contributed by atoms with Crippen molar-refractivity contribution in [3.63, 3.8) is 0 Å². The molecule has 0 unspecified atom stereocenters. The number of nitrogens with one attached hydrogen (secondary N) is 1. The number of phenolic OH excluding ortho intramolecular Hbond substituents is 1. The SMILES string of the molecule is COc1cc(/C=C/C(O)=CC(=O)/C=C/c2cccc3cc[nH]c23)ccc1O. The lowest BCUT2D eigenvalue weighted by Gasteiger charge is -2.03. The van der Waals surface area contributed by atoms with Crippen molar-refractivity contribution in [2.24, 2.45) is 0 Å².